The summed E-state index contributed by atoms with van der Waals surface area (Å²) < 4.78 is 5.21. The van der Waals surface area contributed by atoms with E-state index in [2.05, 4.69) is 26.1 Å². The Bertz CT molecular complexity index is 824. The SMILES string of the molecule is CCCSc1nc(NCc2ccc(OC)cc2)c2c(n1)N(CC(C)C)C(=O)C2. The normalized spacial score (nSPS) is 13.2. The zero-order valence-corrected chi connectivity index (χ0v) is 17.8. The van der Waals surface area contributed by atoms with Gasteiger partial charge >= 0.3 is 0 Å². The van der Waals surface area contributed by atoms with Crippen molar-refractivity contribution in [2.45, 2.75) is 45.3 Å². The van der Waals surface area contributed by atoms with Gasteiger partial charge in [-0.2, -0.15) is 0 Å². The summed E-state index contributed by atoms with van der Waals surface area (Å²) >= 11 is 1.63. The van der Waals surface area contributed by atoms with Gasteiger partial charge in [0.2, 0.25) is 5.91 Å². The first-order chi connectivity index (χ1) is 13.5. The molecule has 1 aliphatic heterocycles. The maximum absolute atomic E-state index is 12.6. The first kappa shape index (κ1) is 20.5. The van der Waals surface area contributed by atoms with E-state index in [-0.39, 0.29) is 5.91 Å². The molecule has 2 aromatic rings. The number of hydrogen-bond donors (Lipinski definition) is 1. The lowest BCUT2D eigenvalue weighted by Crippen LogP contribution is -2.31. The molecule has 1 N–H and O–H groups in total. The largest absolute Gasteiger partial charge is 0.497 e. The minimum absolute atomic E-state index is 0.100. The Morgan fingerprint density at radius 2 is 2.00 bits per heavy atom. The average molecular weight is 401 g/mol. The number of nitrogens with one attached hydrogen (secondary N) is 1. The molecule has 150 valence electrons. The van der Waals surface area contributed by atoms with E-state index < -0.39 is 0 Å². The molecule has 0 saturated heterocycles. The Labute approximate surface area is 171 Å². The third-order valence-electron chi connectivity index (χ3n) is 4.45. The first-order valence-electron chi connectivity index (χ1n) is 9.72. The van der Waals surface area contributed by atoms with Crippen LogP contribution in [0.4, 0.5) is 11.6 Å². The van der Waals surface area contributed by atoms with Crippen molar-refractivity contribution in [1.82, 2.24) is 9.97 Å². The molecule has 2 heterocycles. The van der Waals surface area contributed by atoms with E-state index in [4.69, 9.17) is 14.7 Å². The molecule has 0 spiro atoms. The van der Waals surface area contributed by atoms with Gasteiger partial charge in [0.15, 0.2) is 5.16 Å². The number of nitrogens with zero attached hydrogens (tertiary/aromatic N) is 3. The third kappa shape index (κ3) is 4.76. The number of hydrogen-bond acceptors (Lipinski definition) is 6. The van der Waals surface area contributed by atoms with Gasteiger partial charge in [-0.05, 0) is 30.0 Å². The van der Waals surface area contributed by atoms with Crippen molar-refractivity contribution in [2.75, 3.05) is 29.6 Å². The summed E-state index contributed by atoms with van der Waals surface area (Å²) in [6.45, 7) is 7.67. The number of methoxy groups -OCH3 is 1. The van der Waals surface area contributed by atoms with Gasteiger partial charge in [-0.25, -0.2) is 9.97 Å². The van der Waals surface area contributed by atoms with Gasteiger partial charge in [0.05, 0.1) is 13.5 Å². The highest BCUT2D eigenvalue weighted by molar-refractivity contribution is 7.99. The van der Waals surface area contributed by atoms with E-state index in [1.165, 1.54) is 0 Å². The molecule has 0 aliphatic carbocycles. The second-order valence-electron chi connectivity index (χ2n) is 7.28. The number of fused-ring (bicyclic) bond motifs is 1. The first-order valence-corrected chi connectivity index (χ1v) is 10.7. The van der Waals surface area contributed by atoms with Crippen LogP contribution >= 0.6 is 11.8 Å². The van der Waals surface area contributed by atoms with Gasteiger partial charge in [0, 0.05) is 24.4 Å². The van der Waals surface area contributed by atoms with Gasteiger partial charge in [-0.1, -0.05) is 44.7 Å². The Hall–Kier alpha value is -2.28. The Balaban J connectivity index is 1.86. The molecular weight excluding hydrogens is 372 g/mol. The second kappa shape index (κ2) is 9.28. The van der Waals surface area contributed by atoms with Gasteiger partial charge in [0.25, 0.3) is 0 Å². The van der Waals surface area contributed by atoms with Crippen LogP contribution in [0.3, 0.4) is 0 Å². The molecule has 1 aromatic carbocycles. The van der Waals surface area contributed by atoms with Crippen LogP contribution in [0.25, 0.3) is 0 Å². The fourth-order valence-electron chi connectivity index (χ4n) is 3.09. The van der Waals surface area contributed by atoms with E-state index in [0.717, 1.165) is 45.8 Å². The fourth-order valence-corrected chi connectivity index (χ4v) is 3.78. The summed E-state index contributed by atoms with van der Waals surface area (Å²) in [4.78, 5) is 23.8. The molecule has 1 aliphatic rings. The van der Waals surface area contributed by atoms with Crippen molar-refractivity contribution < 1.29 is 9.53 Å². The minimum Gasteiger partial charge on any atom is -0.497 e. The van der Waals surface area contributed by atoms with Gasteiger partial charge < -0.3 is 10.1 Å². The predicted molar refractivity (Wildman–Crippen MR) is 114 cm³/mol. The van der Waals surface area contributed by atoms with Crippen molar-refractivity contribution in [3.8, 4) is 5.75 Å². The lowest BCUT2D eigenvalue weighted by molar-refractivity contribution is -0.117. The van der Waals surface area contributed by atoms with Crippen molar-refractivity contribution >= 4 is 29.3 Å². The minimum atomic E-state index is 0.100. The van der Waals surface area contributed by atoms with Crippen molar-refractivity contribution in [1.29, 1.82) is 0 Å². The molecule has 1 amide bonds. The van der Waals surface area contributed by atoms with Crippen LogP contribution in [0.15, 0.2) is 29.4 Å². The quantitative estimate of drug-likeness (QED) is 0.504. The summed E-state index contributed by atoms with van der Waals surface area (Å²) in [5, 5.41) is 4.15. The van der Waals surface area contributed by atoms with Crippen molar-refractivity contribution in [2.24, 2.45) is 5.92 Å². The molecule has 0 bridgehead atoms. The zero-order valence-electron chi connectivity index (χ0n) is 17.0. The van der Waals surface area contributed by atoms with E-state index in [9.17, 15) is 4.79 Å². The molecule has 0 radical (unpaired) electrons. The number of thioether (sulfide) groups is 1. The summed E-state index contributed by atoms with van der Waals surface area (Å²) in [5.74, 6) is 3.80. The van der Waals surface area contributed by atoms with Crippen LogP contribution in [0, 0.1) is 5.92 Å². The number of ether oxygens (including phenoxy) is 1. The van der Waals surface area contributed by atoms with Crippen molar-refractivity contribution in [3.63, 3.8) is 0 Å². The molecule has 0 unspecified atom stereocenters. The summed E-state index contributed by atoms with van der Waals surface area (Å²) in [7, 11) is 1.66. The summed E-state index contributed by atoms with van der Waals surface area (Å²) in [6.07, 6.45) is 1.40. The highest BCUT2D eigenvalue weighted by Gasteiger charge is 2.32. The van der Waals surface area contributed by atoms with Gasteiger partial charge in [-0.3, -0.25) is 9.69 Å². The Morgan fingerprint density at radius 1 is 1.25 bits per heavy atom. The third-order valence-corrected chi connectivity index (χ3v) is 5.50. The number of rotatable bonds is 9. The lowest BCUT2D eigenvalue weighted by Gasteiger charge is -2.19. The van der Waals surface area contributed by atoms with Gasteiger partial charge in [0.1, 0.15) is 17.4 Å². The van der Waals surface area contributed by atoms with Crippen LogP contribution in [-0.4, -0.2) is 35.3 Å². The van der Waals surface area contributed by atoms with Gasteiger partial charge in [-0.15, -0.1) is 0 Å². The molecule has 6 nitrogen and oxygen atoms in total. The lowest BCUT2D eigenvalue weighted by atomic mass is 10.2. The predicted octanol–water partition coefficient (Wildman–Crippen LogP) is 4.14. The molecule has 3 rings (SSSR count). The fraction of sp³-hybridized carbons (Fsp3) is 0.476. The zero-order chi connectivity index (χ0) is 20.1. The number of anilines is 2. The second-order valence-corrected chi connectivity index (χ2v) is 8.34. The highest BCUT2D eigenvalue weighted by atomic mass is 32.2. The Kier molecular flexibility index (Phi) is 6.78. The summed E-state index contributed by atoms with van der Waals surface area (Å²) in [5.41, 5.74) is 2.03. The highest BCUT2D eigenvalue weighted by Crippen LogP contribution is 2.34. The number of aromatic nitrogens is 2. The van der Waals surface area contributed by atoms with E-state index in [1.54, 1.807) is 18.9 Å². The van der Waals surface area contributed by atoms with E-state index >= 15 is 0 Å². The number of carbonyl (C=O) groups excluding carboxylic acids is 1. The number of amides is 1. The molecular formula is C21H28N4O2S. The number of benzene rings is 1. The molecule has 28 heavy (non-hydrogen) atoms. The van der Waals surface area contributed by atoms with Crippen LogP contribution in [-0.2, 0) is 17.8 Å². The Morgan fingerprint density at radius 3 is 2.64 bits per heavy atom. The standard InChI is InChI=1S/C21H28N4O2S/c1-5-10-28-21-23-19(22-12-15-6-8-16(27-4)9-7-15)17-11-18(26)25(13-14(2)3)20(17)24-21/h6-9,14H,5,10-13H2,1-4H3,(H,22,23,24). The van der Waals surface area contributed by atoms with Crippen LogP contribution in [0.1, 0.15) is 38.3 Å². The molecule has 1 aromatic heterocycles. The maximum atomic E-state index is 12.6. The molecule has 0 fully saturated rings. The van der Waals surface area contributed by atoms with Crippen molar-refractivity contribution in [3.05, 3.63) is 35.4 Å². The van der Waals surface area contributed by atoms with Crippen LogP contribution < -0.4 is 15.0 Å². The molecule has 7 heteroatoms. The topological polar surface area (TPSA) is 67.4 Å². The molecule has 0 atom stereocenters. The van der Waals surface area contributed by atoms with Crippen LogP contribution in [0.2, 0.25) is 0 Å². The maximum Gasteiger partial charge on any atom is 0.232 e. The molecule has 0 saturated carbocycles. The average Bonchev–Trinajstić information content (AvgIpc) is 3.00. The smallest absolute Gasteiger partial charge is 0.232 e. The van der Waals surface area contributed by atoms with E-state index in [0.29, 0.717) is 25.4 Å². The number of carbonyl (C=O) groups is 1. The summed E-state index contributed by atoms with van der Waals surface area (Å²) in [6, 6.07) is 7.93. The van der Waals surface area contributed by atoms with Crippen LogP contribution in [0.5, 0.6) is 5.75 Å². The van der Waals surface area contributed by atoms with E-state index in [1.807, 2.05) is 29.2 Å². The monoisotopic (exact) mass is 400 g/mol.